The lowest BCUT2D eigenvalue weighted by molar-refractivity contribution is -0.125. The van der Waals surface area contributed by atoms with Gasteiger partial charge in [-0.2, -0.15) is 0 Å². The molecule has 0 unspecified atom stereocenters. The third kappa shape index (κ3) is 6.10. The number of carbonyl (C=O) groups excluding carboxylic acids is 1. The number of nitrogens with zero attached hydrogens (tertiary/aromatic N) is 3. The van der Waals surface area contributed by atoms with Crippen LogP contribution in [0.15, 0.2) is 69.1 Å². The number of benzene rings is 1. The monoisotopic (exact) mass is 436 g/mol. The zero-order valence-electron chi connectivity index (χ0n) is 17.8. The van der Waals surface area contributed by atoms with Gasteiger partial charge in [0.25, 0.3) is 0 Å². The Hall–Kier alpha value is -2.80. The molecule has 0 radical (unpaired) electrons. The molecule has 1 saturated heterocycles. The minimum atomic E-state index is 0.0733. The van der Waals surface area contributed by atoms with E-state index in [-0.39, 0.29) is 11.8 Å². The molecule has 1 amide bonds. The molecule has 2 aromatic heterocycles. The van der Waals surface area contributed by atoms with Gasteiger partial charge in [0.2, 0.25) is 5.91 Å². The van der Waals surface area contributed by atoms with E-state index in [0.29, 0.717) is 6.54 Å². The van der Waals surface area contributed by atoms with Crippen LogP contribution in [0.2, 0.25) is 0 Å². The molecule has 0 aliphatic carbocycles. The van der Waals surface area contributed by atoms with Crippen LogP contribution >= 0.6 is 11.8 Å². The smallest absolute Gasteiger partial charge is 0.223 e. The predicted octanol–water partition coefficient (Wildman–Crippen LogP) is 4.49. The molecule has 31 heavy (non-hydrogen) atoms. The molecular weight excluding hydrogens is 408 g/mol. The van der Waals surface area contributed by atoms with E-state index in [0.717, 1.165) is 60.3 Å². The van der Waals surface area contributed by atoms with Crippen LogP contribution in [-0.2, 0) is 11.2 Å². The first-order chi connectivity index (χ1) is 15.2. The Kier molecular flexibility index (Phi) is 7.25. The normalized spacial score (nSPS) is 14.5. The van der Waals surface area contributed by atoms with E-state index in [1.165, 1.54) is 5.56 Å². The number of carbonyl (C=O) groups is 1. The Balaban J connectivity index is 1.20. The Morgan fingerprint density at radius 3 is 2.61 bits per heavy atom. The fourth-order valence-electron chi connectivity index (χ4n) is 3.71. The van der Waals surface area contributed by atoms with Crippen LogP contribution in [-0.4, -0.2) is 35.7 Å². The number of piperidine rings is 1. The molecule has 0 saturated carbocycles. The maximum Gasteiger partial charge on any atom is 0.223 e. The highest BCUT2D eigenvalue weighted by Crippen LogP contribution is 2.27. The Labute approximate surface area is 187 Å². The van der Waals surface area contributed by atoms with Crippen LogP contribution in [0.5, 0.6) is 0 Å². The van der Waals surface area contributed by atoms with Crippen molar-refractivity contribution in [1.29, 1.82) is 0 Å². The van der Waals surface area contributed by atoms with Gasteiger partial charge in [0.1, 0.15) is 10.8 Å². The first kappa shape index (κ1) is 21.4. The first-order valence-electron chi connectivity index (χ1n) is 10.8. The molecule has 1 aliphatic heterocycles. The lowest BCUT2D eigenvalue weighted by Gasteiger charge is -2.31. The molecule has 0 bridgehead atoms. The summed E-state index contributed by atoms with van der Waals surface area (Å²) in [6.07, 6.45) is 5.10. The molecular formula is C24H28N4O2S. The van der Waals surface area contributed by atoms with Crippen molar-refractivity contribution in [3.8, 4) is 0 Å². The molecule has 1 aromatic carbocycles. The topological polar surface area (TPSA) is 71.3 Å². The van der Waals surface area contributed by atoms with Gasteiger partial charge in [-0.3, -0.25) is 4.79 Å². The molecule has 162 valence electrons. The average Bonchev–Trinajstić information content (AvgIpc) is 3.32. The van der Waals surface area contributed by atoms with Gasteiger partial charge < -0.3 is 14.6 Å². The van der Waals surface area contributed by atoms with Gasteiger partial charge in [-0.25, -0.2) is 0 Å². The van der Waals surface area contributed by atoms with E-state index in [1.807, 2.05) is 24.3 Å². The number of nitrogens with one attached hydrogen (secondary N) is 1. The second kappa shape index (κ2) is 10.5. The van der Waals surface area contributed by atoms with Gasteiger partial charge >= 0.3 is 0 Å². The maximum absolute atomic E-state index is 12.5. The highest BCUT2D eigenvalue weighted by atomic mass is 32.2. The fourth-order valence-corrected chi connectivity index (χ4v) is 4.44. The summed E-state index contributed by atoms with van der Waals surface area (Å²) in [6.45, 7) is 4.41. The second-order valence-electron chi connectivity index (χ2n) is 7.88. The van der Waals surface area contributed by atoms with Crippen molar-refractivity contribution in [2.75, 3.05) is 24.5 Å². The summed E-state index contributed by atoms with van der Waals surface area (Å²) in [5.41, 5.74) is 1.25. The molecule has 4 rings (SSSR count). The van der Waals surface area contributed by atoms with Crippen LogP contribution < -0.4 is 10.2 Å². The summed E-state index contributed by atoms with van der Waals surface area (Å²) >= 11 is 1.61. The standard InChI is InChI=1S/C24H28N4O2S/c1-18-6-8-21(9-7-18)31-23-11-10-22(26-27-23)28-15-12-19(13-16-28)24(29)25-14-2-4-20-5-3-17-30-20/h3,5-11,17,19H,2,4,12-16H2,1H3,(H,25,29). The van der Waals surface area contributed by atoms with Crippen LogP contribution in [0.3, 0.4) is 0 Å². The quantitative estimate of drug-likeness (QED) is 0.525. The van der Waals surface area contributed by atoms with Gasteiger partial charge in [-0.05, 0) is 62.6 Å². The number of furan rings is 1. The fraction of sp³-hybridized carbons (Fsp3) is 0.375. The van der Waals surface area contributed by atoms with Crippen molar-refractivity contribution >= 4 is 23.5 Å². The summed E-state index contributed by atoms with van der Waals surface area (Å²) in [4.78, 5) is 15.8. The maximum atomic E-state index is 12.5. The highest BCUT2D eigenvalue weighted by Gasteiger charge is 2.25. The van der Waals surface area contributed by atoms with Crippen LogP contribution in [0.1, 0.15) is 30.6 Å². The summed E-state index contributed by atoms with van der Waals surface area (Å²) in [7, 11) is 0. The zero-order valence-corrected chi connectivity index (χ0v) is 18.6. The molecule has 1 fully saturated rings. The summed E-state index contributed by atoms with van der Waals surface area (Å²) in [6, 6.07) is 16.3. The number of anilines is 1. The lowest BCUT2D eigenvalue weighted by Crippen LogP contribution is -2.41. The molecule has 0 atom stereocenters. The third-order valence-electron chi connectivity index (χ3n) is 5.54. The summed E-state index contributed by atoms with van der Waals surface area (Å²) in [5.74, 6) is 2.08. The third-order valence-corrected chi connectivity index (χ3v) is 6.47. The van der Waals surface area contributed by atoms with Crippen molar-refractivity contribution in [2.24, 2.45) is 5.92 Å². The van der Waals surface area contributed by atoms with E-state index in [1.54, 1.807) is 18.0 Å². The van der Waals surface area contributed by atoms with E-state index < -0.39 is 0 Å². The Morgan fingerprint density at radius 2 is 1.94 bits per heavy atom. The zero-order chi connectivity index (χ0) is 21.5. The van der Waals surface area contributed by atoms with Gasteiger partial charge in [-0.1, -0.05) is 29.5 Å². The van der Waals surface area contributed by atoms with Gasteiger partial charge in [0.05, 0.1) is 6.26 Å². The van der Waals surface area contributed by atoms with Crippen molar-refractivity contribution in [1.82, 2.24) is 15.5 Å². The van der Waals surface area contributed by atoms with Crippen molar-refractivity contribution in [3.05, 3.63) is 66.1 Å². The molecule has 3 heterocycles. The largest absolute Gasteiger partial charge is 0.469 e. The Bertz CT molecular complexity index is 950. The predicted molar refractivity (Wildman–Crippen MR) is 122 cm³/mol. The molecule has 7 heteroatoms. The first-order valence-corrected chi connectivity index (χ1v) is 11.6. The second-order valence-corrected chi connectivity index (χ2v) is 8.97. The number of hydrogen-bond acceptors (Lipinski definition) is 6. The van der Waals surface area contributed by atoms with Gasteiger partial charge in [0.15, 0.2) is 5.82 Å². The molecule has 1 aliphatic rings. The van der Waals surface area contributed by atoms with Crippen molar-refractivity contribution in [2.45, 2.75) is 42.5 Å². The Morgan fingerprint density at radius 1 is 1.13 bits per heavy atom. The average molecular weight is 437 g/mol. The molecule has 0 spiro atoms. The van der Waals surface area contributed by atoms with Crippen LogP contribution in [0, 0.1) is 12.8 Å². The van der Waals surface area contributed by atoms with Crippen molar-refractivity contribution in [3.63, 3.8) is 0 Å². The summed E-state index contributed by atoms with van der Waals surface area (Å²) in [5, 5.41) is 12.8. The number of amides is 1. The summed E-state index contributed by atoms with van der Waals surface area (Å²) < 4.78 is 5.32. The van der Waals surface area contributed by atoms with Crippen LogP contribution in [0.4, 0.5) is 5.82 Å². The SMILES string of the molecule is Cc1ccc(Sc2ccc(N3CCC(C(=O)NCCCc4ccco4)CC3)nn2)cc1. The molecule has 6 nitrogen and oxygen atoms in total. The van der Waals surface area contributed by atoms with Gasteiger partial charge in [0, 0.05) is 36.9 Å². The van der Waals surface area contributed by atoms with E-state index in [9.17, 15) is 4.79 Å². The number of hydrogen-bond donors (Lipinski definition) is 1. The van der Waals surface area contributed by atoms with Gasteiger partial charge in [-0.15, -0.1) is 10.2 Å². The number of aromatic nitrogens is 2. The van der Waals surface area contributed by atoms with E-state index in [2.05, 4.69) is 51.6 Å². The lowest BCUT2D eigenvalue weighted by atomic mass is 9.96. The van der Waals surface area contributed by atoms with Crippen LogP contribution in [0.25, 0.3) is 0 Å². The minimum Gasteiger partial charge on any atom is -0.469 e. The van der Waals surface area contributed by atoms with E-state index in [4.69, 9.17) is 4.42 Å². The highest BCUT2D eigenvalue weighted by molar-refractivity contribution is 7.99. The number of aryl methyl sites for hydroxylation is 2. The number of rotatable bonds is 8. The molecule has 3 aromatic rings. The van der Waals surface area contributed by atoms with E-state index >= 15 is 0 Å². The minimum absolute atomic E-state index is 0.0733. The molecule has 1 N–H and O–H groups in total. The van der Waals surface area contributed by atoms with Crippen molar-refractivity contribution < 1.29 is 9.21 Å².